The van der Waals surface area contributed by atoms with Gasteiger partial charge in [0, 0.05) is 13.1 Å². The first-order valence-electron chi connectivity index (χ1n) is 6.88. The zero-order chi connectivity index (χ0) is 17.5. The van der Waals surface area contributed by atoms with Crippen LogP contribution in [0.1, 0.15) is 0 Å². The molecule has 0 unspecified atom stereocenters. The second-order valence-corrected chi connectivity index (χ2v) is 12.1. The van der Waals surface area contributed by atoms with Gasteiger partial charge in [-0.1, -0.05) is 0 Å². The molecular weight excluding hydrogens is 438 g/mol. The lowest BCUT2D eigenvalue weighted by molar-refractivity contribution is 0.310. The number of hydrogen-bond donors (Lipinski definition) is 0. The minimum absolute atomic E-state index is 0.0355. The van der Waals surface area contributed by atoms with Crippen LogP contribution in [0.4, 0.5) is 0 Å². The highest BCUT2D eigenvalue weighted by atomic mass is 79.9. The van der Waals surface area contributed by atoms with E-state index in [0.29, 0.717) is 9.54 Å². The number of nitrogens with zero attached hydrogens (tertiary/aromatic N) is 1. The summed E-state index contributed by atoms with van der Waals surface area (Å²) in [5.74, 6) is 0.565. The summed E-state index contributed by atoms with van der Waals surface area (Å²) in [7, 11) is -5.69. The van der Waals surface area contributed by atoms with Gasteiger partial charge in [-0.2, -0.15) is 4.31 Å². The fourth-order valence-electron chi connectivity index (χ4n) is 2.31. The molecule has 0 spiro atoms. The summed E-state index contributed by atoms with van der Waals surface area (Å²) in [4.78, 5) is 0.171. The molecule has 0 atom stereocenters. The molecule has 0 bridgehead atoms. The molecule has 0 N–H and O–H groups in total. The van der Waals surface area contributed by atoms with Crippen LogP contribution >= 0.6 is 27.3 Å². The Morgan fingerprint density at radius 1 is 1.08 bits per heavy atom. The first-order valence-corrected chi connectivity index (χ1v) is 11.5. The number of ether oxygens (including phenoxy) is 1. The van der Waals surface area contributed by atoms with Crippen LogP contribution in [0.5, 0.6) is 5.75 Å². The van der Waals surface area contributed by atoms with Crippen molar-refractivity contribution < 1.29 is 21.6 Å². The standard InChI is InChI=1S/C14H14BrNO5S3/c1-21-10-2-4-11(5-3-10)23(17,18)12-8-16(9-12)24(19,20)14-7-6-13(15)22-14/h2-7,12H,8-9H2,1H3. The molecule has 1 saturated heterocycles. The van der Waals surface area contributed by atoms with Crippen molar-refractivity contribution in [1.29, 1.82) is 0 Å². The maximum Gasteiger partial charge on any atom is 0.252 e. The largest absolute Gasteiger partial charge is 0.497 e. The molecule has 1 aliphatic heterocycles. The monoisotopic (exact) mass is 451 g/mol. The highest BCUT2D eigenvalue weighted by Crippen LogP contribution is 2.33. The molecular formula is C14H14BrNO5S3. The van der Waals surface area contributed by atoms with E-state index in [-0.39, 0.29) is 22.2 Å². The summed E-state index contributed by atoms with van der Waals surface area (Å²) < 4.78 is 57.1. The smallest absolute Gasteiger partial charge is 0.252 e. The Labute approximate surface area is 153 Å². The van der Waals surface area contributed by atoms with Crippen LogP contribution in [-0.4, -0.2) is 46.6 Å². The molecule has 0 amide bonds. The van der Waals surface area contributed by atoms with Gasteiger partial charge in [0.1, 0.15) is 9.96 Å². The zero-order valence-corrected chi connectivity index (χ0v) is 16.6. The van der Waals surface area contributed by atoms with Gasteiger partial charge in [0.15, 0.2) is 9.84 Å². The van der Waals surface area contributed by atoms with Gasteiger partial charge in [-0.3, -0.25) is 0 Å². The van der Waals surface area contributed by atoms with E-state index in [1.807, 2.05) is 0 Å². The number of sulfonamides is 1. The number of hydrogen-bond acceptors (Lipinski definition) is 6. The lowest BCUT2D eigenvalue weighted by Gasteiger charge is -2.37. The van der Waals surface area contributed by atoms with Gasteiger partial charge < -0.3 is 4.74 Å². The highest BCUT2D eigenvalue weighted by Gasteiger charge is 2.44. The molecule has 1 fully saturated rings. The summed E-state index contributed by atoms with van der Waals surface area (Å²) in [6, 6.07) is 9.26. The van der Waals surface area contributed by atoms with E-state index >= 15 is 0 Å². The number of sulfone groups is 1. The van der Waals surface area contributed by atoms with E-state index in [2.05, 4.69) is 15.9 Å². The molecule has 10 heteroatoms. The fourth-order valence-corrected chi connectivity index (χ4v) is 7.85. The second kappa shape index (κ2) is 6.41. The van der Waals surface area contributed by atoms with E-state index in [9.17, 15) is 16.8 Å². The van der Waals surface area contributed by atoms with Gasteiger partial charge in [0.2, 0.25) is 0 Å². The van der Waals surface area contributed by atoms with E-state index < -0.39 is 25.1 Å². The van der Waals surface area contributed by atoms with Crippen molar-refractivity contribution in [2.75, 3.05) is 20.2 Å². The number of benzene rings is 1. The molecule has 1 aromatic carbocycles. The summed E-state index contributed by atoms with van der Waals surface area (Å²) in [5.41, 5.74) is 0. The summed E-state index contributed by atoms with van der Waals surface area (Å²) in [6.07, 6.45) is 0. The normalized spacial score (nSPS) is 16.8. The lowest BCUT2D eigenvalue weighted by atomic mass is 10.3. The first kappa shape index (κ1) is 17.9. The molecule has 0 saturated carbocycles. The third-order valence-corrected chi connectivity index (χ3v) is 9.81. The quantitative estimate of drug-likeness (QED) is 0.696. The second-order valence-electron chi connectivity index (χ2n) is 5.22. The van der Waals surface area contributed by atoms with Crippen LogP contribution in [0.2, 0.25) is 0 Å². The van der Waals surface area contributed by atoms with Crippen LogP contribution < -0.4 is 4.74 Å². The third kappa shape index (κ3) is 3.13. The Morgan fingerprint density at radius 3 is 2.21 bits per heavy atom. The fraction of sp³-hybridized carbons (Fsp3) is 0.286. The van der Waals surface area contributed by atoms with Gasteiger partial charge in [-0.05, 0) is 52.3 Å². The maximum atomic E-state index is 12.6. The summed E-state index contributed by atoms with van der Waals surface area (Å²) in [6.45, 7) is -0.0710. The van der Waals surface area contributed by atoms with Gasteiger partial charge >= 0.3 is 0 Å². The number of methoxy groups -OCH3 is 1. The van der Waals surface area contributed by atoms with Gasteiger partial charge in [-0.25, -0.2) is 16.8 Å². The lowest BCUT2D eigenvalue weighted by Crippen LogP contribution is -2.56. The van der Waals surface area contributed by atoms with Crippen LogP contribution in [0.3, 0.4) is 0 Å². The Morgan fingerprint density at radius 2 is 1.71 bits per heavy atom. The van der Waals surface area contributed by atoms with E-state index in [4.69, 9.17) is 4.74 Å². The molecule has 1 aromatic heterocycles. The van der Waals surface area contributed by atoms with E-state index in [1.54, 1.807) is 18.2 Å². The molecule has 6 nitrogen and oxygen atoms in total. The van der Waals surface area contributed by atoms with E-state index in [1.165, 1.54) is 29.6 Å². The van der Waals surface area contributed by atoms with Crippen molar-refractivity contribution in [2.24, 2.45) is 0 Å². The Balaban J connectivity index is 1.75. The zero-order valence-electron chi connectivity index (χ0n) is 12.5. The predicted octanol–water partition coefficient (Wildman–Crippen LogP) is 2.37. The van der Waals surface area contributed by atoms with Gasteiger partial charge in [-0.15, -0.1) is 11.3 Å². The van der Waals surface area contributed by atoms with Crippen molar-refractivity contribution in [3.63, 3.8) is 0 Å². The Hall–Kier alpha value is -0.940. The molecule has 24 heavy (non-hydrogen) atoms. The Bertz CT molecular complexity index is 945. The van der Waals surface area contributed by atoms with Crippen molar-refractivity contribution in [3.05, 3.63) is 40.2 Å². The molecule has 2 aromatic rings. The minimum atomic E-state index is -3.63. The molecule has 1 aliphatic rings. The van der Waals surface area contributed by atoms with Crippen LogP contribution in [0.15, 0.2) is 49.3 Å². The van der Waals surface area contributed by atoms with Crippen LogP contribution in [-0.2, 0) is 19.9 Å². The maximum absolute atomic E-state index is 12.6. The average Bonchev–Trinajstić information content (AvgIpc) is 2.92. The molecule has 130 valence electrons. The molecule has 3 rings (SSSR count). The number of halogens is 1. The van der Waals surface area contributed by atoms with Crippen LogP contribution in [0.25, 0.3) is 0 Å². The molecule has 0 radical (unpaired) electrons. The minimum Gasteiger partial charge on any atom is -0.497 e. The number of rotatable bonds is 5. The molecule has 0 aliphatic carbocycles. The Kier molecular flexibility index (Phi) is 4.77. The SMILES string of the molecule is COc1ccc(S(=O)(=O)C2CN(S(=O)(=O)c3ccc(Br)s3)C2)cc1. The van der Waals surface area contributed by atoms with Gasteiger partial charge in [0.05, 0.1) is 21.0 Å². The van der Waals surface area contributed by atoms with Gasteiger partial charge in [0.25, 0.3) is 10.0 Å². The van der Waals surface area contributed by atoms with Crippen molar-refractivity contribution in [2.45, 2.75) is 14.4 Å². The first-order chi connectivity index (χ1) is 11.2. The number of thiophene rings is 1. The summed E-state index contributed by atoms with van der Waals surface area (Å²) >= 11 is 4.33. The summed E-state index contributed by atoms with van der Waals surface area (Å²) in [5, 5.41) is -0.732. The van der Waals surface area contributed by atoms with E-state index in [0.717, 1.165) is 11.3 Å². The van der Waals surface area contributed by atoms with Crippen molar-refractivity contribution in [1.82, 2.24) is 4.31 Å². The van der Waals surface area contributed by atoms with Crippen molar-refractivity contribution >= 4 is 47.1 Å². The average molecular weight is 452 g/mol. The predicted molar refractivity (Wildman–Crippen MR) is 94.7 cm³/mol. The third-order valence-electron chi connectivity index (χ3n) is 3.78. The van der Waals surface area contributed by atoms with Crippen LogP contribution in [0, 0.1) is 0 Å². The topological polar surface area (TPSA) is 80.8 Å². The molecule has 2 heterocycles. The highest BCUT2D eigenvalue weighted by molar-refractivity contribution is 9.11. The van der Waals surface area contributed by atoms with Crippen molar-refractivity contribution in [3.8, 4) is 5.75 Å².